The predicted octanol–water partition coefficient (Wildman–Crippen LogP) is 2.72. The fourth-order valence-corrected chi connectivity index (χ4v) is 2.09. The molecule has 1 atom stereocenters. The molecule has 0 aliphatic carbocycles. The van der Waals surface area contributed by atoms with Crippen LogP contribution in [-0.2, 0) is 4.43 Å². The van der Waals surface area contributed by atoms with Gasteiger partial charge in [-0.25, -0.2) is 0 Å². The Balaban J connectivity index is 4.04. The van der Waals surface area contributed by atoms with Crippen LogP contribution in [-0.4, -0.2) is 33.0 Å². The Morgan fingerprint density at radius 3 is 1.94 bits per heavy atom. The fourth-order valence-electron chi connectivity index (χ4n) is 1.03. The molecular formula is C13H32N2OSi. The maximum Gasteiger partial charge on any atom is 0.192 e. The molecule has 0 amide bonds. The zero-order valence-corrected chi connectivity index (χ0v) is 14.0. The van der Waals surface area contributed by atoms with Crippen molar-refractivity contribution in [2.75, 3.05) is 13.2 Å². The molecule has 0 heterocycles. The van der Waals surface area contributed by atoms with Crippen molar-refractivity contribution in [3.8, 4) is 0 Å². The molecular weight excluding hydrogens is 228 g/mol. The molecule has 0 rings (SSSR count). The molecule has 0 aliphatic rings. The summed E-state index contributed by atoms with van der Waals surface area (Å²) in [6, 6.07) is 0.0725. The minimum Gasteiger partial charge on any atom is -0.415 e. The van der Waals surface area contributed by atoms with Crippen molar-refractivity contribution in [2.45, 2.75) is 71.3 Å². The van der Waals surface area contributed by atoms with Crippen molar-refractivity contribution < 1.29 is 4.43 Å². The summed E-state index contributed by atoms with van der Waals surface area (Å²) in [6.07, 6.45) is 0. The van der Waals surface area contributed by atoms with E-state index in [1.165, 1.54) is 0 Å². The standard InChI is InChI=1S/C13H32N2OSi/c1-12(2,3)15-9-11(14)10-16-17(7,8)13(4,5)6/h11,15H,9-10,14H2,1-8H3. The summed E-state index contributed by atoms with van der Waals surface area (Å²) < 4.78 is 6.09. The highest BCUT2D eigenvalue weighted by Crippen LogP contribution is 2.36. The van der Waals surface area contributed by atoms with Gasteiger partial charge in [0.25, 0.3) is 0 Å². The van der Waals surface area contributed by atoms with E-state index in [2.05, 4.69) is 60.0 Å². The van der Waals surface area contributed by atoms with E-state index < -0.39 is 8.32 Å². The van der Waals surface area contributed by atoms with Crippen LogP contribution in [0.1, 0.15) is 41.5 Å². The summed E-state index contributed by atoms with van der Waals surface area (Å²) in [5, 5.41) is 3.66. The highest BCUT2D eigenvalue weighted by Gasteiger charge is 2.37. The van der Waals surface area contributed by atoms with Gasteiger partial charge in [-0.2, -0.15) is 0 Å². The van der Waals surface area contributed by atoms with E-state index >= 15 is 0 Å². The average molecular weight is 260 g/mol. The number of hydrogen-bond acceptors (Lipinski definition) is 3. The van der Waals surface area contributed by atoms with E-state index in [-0.39, 0.29) is 16.6 Å². The number of rotatable bonds is 5. The first-order chi connectivity index (χ1) is 7.35. The predicted molar refractivity (Wildman–Crippen MR) is 78.9 cm³/mol. The topological polar surface area (TPSA) is 47.3 Å². The van der Waals surface area contributed by atoms with Crippen LogP contribution in [0.3, 0.4) is 0 Å². The van der Waals surface area contributed by atoms with Gasteiger partial charge >= 0.3 is 0 Å². The third-order valence-corrected chi connectivity index (χ3v) is 7.86. The Hall–Kier alpha value is 0.0969. The van der Waals surface area contributed by atoms with E-state index in [0.717, 1.165) is 6.54 Å². The van der Waals surface area contributed by atoms with Crippen molar-refractivity contribution in [3.63, 3.8) is 0 Å². The molecule has 0 saturated heterocycles. The quantitative estimate of drug-likeness (QED) is 0.747. The van der Waals surface area contributed by atoms with Crippen LogP contribution < -0.4 is 11.1 Å². The van der Waals surface area contributed by atoms with Crippen LogP contribution >= 0.6 is 0 Å². The second kappa shape index (κ2) is 5.82. The lowest BCUT2D eigenvalue weighted by Crippen LogP contribution is -2.49. The summed E-state index contributed by atoms with van der Waals surface area (Å²) in [6.45, 7) is 19.2. The van der Waals surface area contributed by atoms with Crippen LogP contribution in [0.4, 0.5) is 0 Å². The summed E-state index contributed by atoms with van der Waals surface area (Å²) in [5.74, 6) is 0. The molecule has 0 aromatic rings. The van der Waals surface area contributed by atoms with Crippen molar-refractivity contribution in [1.82, 2.24) is 5.32 Å². The Labute approximate surface area is 109 Å². The van der Waals surface area contributed by atoms with Gasteiger partial charge in [0, 0.05) is 18.1 Å². The SMILES string of the molecule is CC(C)(C)NCC(N)CO[Si](C)(C)C(C)(C)C. The molecule has 3 N–H and O–H groups in total. The Bertz CT molecular complexity index is 229. The minimum atomic E-state index is -1.65. The summed E-state index contributed by atoms with van der Waals surface area (Å²) in [5.41, 5.74) is 6.19. The Morgan fingerprint density at radius 2 is 1.59 bits per heavy atom. The molecule has 0 radical (unpaired) electrons. The van der Waals surface area contributed by atoms with Crippen LogP contribution in [0.2, 0.25) is 18.1 Å². The molecule has 1 unspecified atom stereocenters. The zero-order chi connectivity index (χ0) is 13.9. The van der Waals surface area contributed by atoms with Gasteiger partial charge < -0.3 is 15.5 Å². The van der Waals surface area contributed by atoms with Gasteiger partial charge in [0.05, 0.1) is 6.61 Å². The third kappa shape index (κ3) is 7.19. The maximum absolute atomic E-state index is 6.09. The van der Waals surface area contributed by atoms with E-state index in [4.69, 9.17) is 10.2 Å². The Morgan fingerprint density at radius 1 is 1.12 bits per heavy atom. The highest BCUT2D eigenvalue weighted by atomic mass is 28.4. The second-order valence-electron chi connectivity index (χ2n) is 7.46. The lowest BCUT2D eigenvalue weighted by Gasteiger charge is -2.37. The molecule has 0 saturated carbocycles. The molecule has 104 valence electrons. The number of nitrogens with two attached hydrogens (primary N) is 1. The van der Waals surface area contributed by atoms with Gasteiger partial charge in [0.15, 0.2) is 8.32 Å². The zero-order valence-electron chi connectivity index (χ0n) is 13.0. The second-order valence-corrected chi connectivity index (χ2v) is 12.3. The lowest BCUT2D eigenvalue weighted by molar-refractivity contribution is 0.252. The molecule has 0 aromatic carbocycles. The maximum atomic E-state index is 6.09. The smallest absolute Gasteiger partial charge is 0.192 e. The van der Waals surface area contributed by atoms with Crippen molar-refractivity contribution >= 4 is 8.32 Å². The minimum absolute atomic E-state index is 0.0725. The third-order valence-electron chi connectivity index (χ3n) is 3.36. The van der Waals surface area contributed by atoms with E-state index in [1.807, 2.05) is 0 Å². The van der Waals surface area contributed by atoms with Crippen LogP contribution in [0.25, 0.3) is 0 Å². The van der Waals surface area contributed by atoms with Gasteiger partial charge in [0.1, 0.15) is 0 Å². The molecule has 4 heteroatoms. The summed E-state index contributed by atoms with van der Waals surface area (Å²) >= 11 is 0. The first-order valence-electron chi connectivity index (χ1n) is 6.50. The largest absolute Gasteiger partial charge is 0.415 e. The monoisotopic (exact) mass is 260 g/mol. The molecule has 0 bridgehead atoms. The molecule has 17 heavy (non-hydrogen) atoms. The van der Waals surface area contributed by atoms with Gasteiger partial charge in [-0.1, -0.05) is 20.8 Å². The molecule has 0 fully saturated rings. The average Bonchev–Trinajstić information content (AvgIpc) is 2.08. The van der Waals surface area contributed by atoms with Gasteiger partial charge in [0.2, 0.25) is 0 Å². The van der Waals surface area contributed by atoms with Gasteiger partial charge in [-0.05, 0) is 38.9 Å². The summed E-state index contributed by atoms with van der Waals surface area (Å²) in [7, 11) is -1.65. The van der Waals surface area contributed by atoms with E-state index in [9.17, 15) is 0 Å². The first-order valence-corrected chi connectivity index (χ1v) is 9.40. The van der Waals surface area contributed by atoms with Gasteiger partial charge in [-0.15, -0.1) is 0 Å². The van der Waals surface area contributed by atoms with E-state index in [1.54, 1.807) is 0 Å². The fraction of sp³-hybridized carbons (Fsp3) is 1.00. The molecule has 3 nitrogen and oxygen atoms in total. The van der Waals surface area contributed by atoms with Crippen molar-refractivity contribution in [1.29, 1.82) is 0 Å². The summed E-state index contributed by atoms with van der Waals surface area (Å²) in [4.78, 5) is 0. The van der Waals surface area contributed by atoms with Crippen molar-refractivity contribution in [3.05, 3.63) is 0 Å². The van der Waals surface area contributed by atoms with Crippen LogP contribution in [0.5, 0.6) is 0 Å². The highest BCUT2D eigenvalue weighted by molar-refractivity contribution is 6.74. The Kier molecular flexibility index (Phi) is 5.86. The molecule has 0 spiro atoms. The van der Waals surface area contributed by atoms with Crippen LogP contribution in [0, 0.1) is 0 Å². The number of hydrogen-bond donors (Lipinski definition) is 2. The van der Waals surface area contributed by atoms with Crippen LogP contribution in [0.15, 0.2) is 0 Å². The first kappa shape index (κ1) is 17.1. The van der Waals surface area contributed by atoms with Crippen molar-refractivity contribution in [2.24, 2.45) is 5.73 Å². The number of nitrogens with one attached hydrogen (secondary N) is 1. The normalized spacial score (nSPS) is 16.1. The van der Waals surface area contributed by atoms with E-state index in [0.29, 0.717) is 6.61 Å². The lowest BCUT2D eigenvalue weighted by atomic mass is 10.1. The molecule has 0 aromatic heterocycles. The van der Waals surface area contributed by atoms with Gasteiger partial charge in [-0.3, -0.25) is 0 Å². The molecule has 0 aliphatic heterocycles.